The second kappa shape index (κ2) is 9.31. The third-order valence-corrected chi connectivity index (χ3v) is 5.66. The summed E-state index contributed by atoms with van der Waals surface area (Å²) in [5.41, 5.74) is 0.723. The average molecular weight is 361 g/mol. The van der Waals surface area contributed by atoms with Gasteiger partial charge < -0.3 is 14.8 Å². The highest BCUT2D eigenvalue weighted by molar-refractivity contribution is 5.76. The Labute approximate surface area is 156 Å². The molecule has 0 bridgehead atoms. The van der Waals surface area contributed by atoms with Crippen molar-refractivity contribution in [2.24, 2.45) is 0 Å². The number of rotatable bonds is 4. The van der Waals surface area contributed by atoms with Crippen molar-refractivity contribution in [2.45, 2.75) is 64.2 Å². The van der Waals surface area contributed by atoms with Gasteiger partial charge in [0.2, 0.25) is 5.91 Å². The number of nitrogens with zero attached hydrogens (tertiary/aromatic N) is 3. The number of hydrogen-bond acceptors (Lipinski definition) is 4. The SMILES string of the molecule is Cc1nc([C@@H]2CCCN(C(=O)CCN3CCCCCCC3)C2)cc(=O)[nH]1. The van der Waals surface area contributed by atoms with Crippen molar-refractivity contribution in [1.29, 1.82) is 0 Å². The number of carbonyl (C=O) groups is 1. The van der Waals surface area contributed by atoms with Crippen LogP contribution >= 0.6 is 0 Å². The summed E-state index contributed by atoms with van der Waals surface area (Å²) in [5, 5.41) is 0. The minimum absolute atomic E-state index is 0.104. The van der Waals surface area contributed by atoms with E-state index >= 15 is 0 Å². The lowest BCUT2D eigenvalue weighted by Gasteiger charge is -2.33. The number of likely N-dealkylation sites (tertiary alicyclic amines) is 2. The highest BCUT2D eigenvalue weighted by Gasteiger charge is 2.26. The fraction of sp³-hybridized carbons (Fsp3) is 0.750. The van der Waals surface area contributed by atoms with Gasteiger partial charge in [0.1, 0.15) is 5.82 Å². The molecule has 0 unspecified atom stereocenters. The number of amides is 1. The summed E-state index contributed by atoms with van der Waals surface area (Å²) < 4.78 is 0. The van der Waals surface area contributed by atoms with E-state index in [1.165, 1.54) is 32.1 Å². The number of aryl methyl sites for hydroxylation is 1. The second-order valence-electron chi connectivity index (χ2n) is 7.79. The summed E-state index contributed by atoms with van der Waals surface area (Å²) in [7, 11) is 0. The smallest absolute Gasteiger partial charge is 0.251 e. The van der Waals surface area contributed by atoms with Gasteiger partial charge in [-0.1, -0.05) is 19.3 Å². The largest absolute Gasteiger partial charge is 0.342 e. The van der Waals surface area contributed by atoms with Gasteiger partial charge in [-0.25, -0.2) is 4.98 Å². The van der Waals surface area contributed by atoms with Gasteiger partial charge in [-0.3, -0.25) is 9.59 Å². The molecule has 26 heavy (non-hydrogen) atoms. The molecule has 0 aliphatic carbocycles. The summed E-state index contributed by atoms with van der Waals surface area (Å²) >= 11 is 0. The summed E-state index contributed by atoms with van der Waals surface area (Å²) in [4.78, 5) is 36.1. The maximum atomic E-state index is 12.7. The minimum Gasteiger partial charge on any atom is -0.342 e. The fourth-order valence-corrected chi connectivity index (χ4v) is 4.21. The van der Waals surface area contributed by atoms with Crippen molar-refractivity contribution in [2.75, 3.05) is 32.7 Å². The highest BCUT2D eigenvalue weighted by atomic mass is 16.2. The van der Waals surface area contributed by atoms with Crippen LogP contribution in [0.2, 0.25) is 0 Å². The first-order chi connectivity index (χ1) is 12.6. The van der Waals surface area contributed by atoms with Crippen LogP contribution in [0.25, 0.3) is 0 Å². The summed E-state index contributed by atoms with van der Waals surface area (Å²) in [6.07, 6.45) is 9.09. The van der Waals surface area contributed by atoms with Crippen LogP contribution in [0.4, 0.5) is 0 Å². The topological polar surface area (TPSA) is 69.3 Å². The molecule has 0 spiro atoms. The molecule has 2 fully saturated rings. The van der Waals surface area contributed by atoms with E-state index in [-0.39, 0.29) is 17.4 Å². The van der Waals surface area contributed by atoms with Crippen molar-refractivity contribution in [3.05, 3.63) is 27.9 Å². The van der Waals surface area contributed by atoms with Crippen molar-refractivity contribution in [3.8, 4) is 0 Å². The molecule has 6 nitrogen and oxygen atoms in total. The Kier molecular flexibility index (Phi) is 6.83. The van der Waals surface area contributed by atoms with Crippen LogP contribution in [0.1, 0.15) is 68.8 Å². The molecule has 3 rings (SSSR count). The van der Waals surface area contributed by atoms with E-state index in [0.717, 1.165) is 44.7 Å². The Hall–Kier alpha value is -1.69. The third-order valence-electron chi connectivity index (χ3n) is 5.66. The van der Waals surface area contributed by atoms with E-state index in [9.17, 15) is 9.59 Å². The molecule has 2 aliphatic rings. The summed E-state index contributed by atoms with van der Waals surface area (Å²) in [6.45, 7) is 6.46. The number of hydrogen-bond donors (Lipinski definition) is 1. The predicted molar refractivity (Wildman–Crippen MR) is 102 cm³/mol. The lowest BCUT2D eigenvalue weighted by Crippen LogP contribution is -2.41. The van der Waals surface area contributed by atoms with E-state index < -0.39 is 0 Å². The van der Waals surface area contributed by atoms with E-state index in [1.54, 1.807) is 13.0 Å². The van der Waals surface area contributed by atoms with Gasteiger partial charge in [0.05, 0.1) is 5.69 Å². The maximum Gasteiger partial charge on any atom is 0.251 e. The molecule has 0 saturated carbocycles. The standard InChI is InChI=1S/C20H32N4O2/c1-16-21-18(14-19(25)22-16)17-8-7-12-24(15-17)20(26)9-13-23-10-5-3-2-4-6-11-23/h14,17H,2-13,15H2,1H3,(H,21,22,25)/t17-/m1/s1. The molecule has 3 heterocycles. The van der Waals surface area contributed by atoms with Crippen molar-refractivity contribution in [1.82, 2.24) is 19.8 Å². The first kappa shape index (κ1) is 19.1. The zero-order chi connectivity index (χ0) is 18.4. The summed E-state index contributed by atoms with van der Waals surface area (Å²) in [6, 6.07) is 1.59. The van der Waals surface area contributed by atoms with E-state index in [2.05, 4.69) is 14.9 Å². The fourth-order valence-electron chi connectivity index (χ4n) is 4.21. The van der Waals surface area contributed by atoms with Crippen molar-refractivity contribution in [3.63, 3.8) is 0 Å². The van der Waals surface area contributed by atoms with Gasteiger partial charge in [-0.15, -0.1) is 0 Å². The minimum atomic E-state index is -0.104. The Bertz CT molecular complexity index is 649. The molecule has 144 valence electrons. The first-order valence-corrected chi connectivity index (χ1v) is 10.2. The molecular weight excluding hydrogens is 328 g/mol. The number of aromatic amines is 1. The van der Waals surface area contributed by atoms with Gasteiger partial charge in [0.15, 0.2) is 0 Å². The van der Waals surface area contributed by atoms with Crippen molar-refractivity contribution < 1.29 is 4.79 Å². The van der Waals surface area contributed by atoms with E-state index in [1.807, 2.05) is 4.90 Å². The van der Waals surface area contributed by atoms with Crippen LogP contribution in [-0.4, -0.2) is 58.4 Å². The Morgan fingerprint density at radius 2 is 1.88 bits per heavy atom. The molecule has 6 heteroatoms. The Morgan fingerprint density at radius 3 is 2.62 bits per heavy atom. The summed E-state index contributed by atoms with van der Waals surface area (Å²) in [5.74, 6) is 1.07. The van der Waals surface area contributed by atoms with Crippen LogP contribution in [-0.2, 0) is 4.79 Å². The monoisotopic (exact) mass is 360 g/mol. The molecule has 0 radical (unpaired) electrons. The zero-order valence-corrected chi connectivity index (χ0v) is 16.0. The van der Waals surface area contributed by atoms with Gasteiger partial charge in [0, 0.05) is 38.0 Å². The second-order valence-corrected chi connectivity index (χ2v) is 7.79. The number of piperidine rings is 1. The molecule has 2 saturated heterocycles. The van der Waals surface area contributed by atoms with E-state index in [4.69, 9.17) is 0 Å². The van der Waals surface area contributed by atoms with Crippen LogP contribution in [0, 0.1) is 6.92 Å². The lowest BCUT2D eigenvalue weighted by atomic mass is 9.94. The van der Waals surface area contributed by atoms with Crippen LogP contribution in [0.3, 0.4) is 0 Å². The van der Waals surface area contributed by atoms with Gasteiger partial charge in [-0.2, -0.15) is 0 Å². The van der Waals surface area contributed by atoms with Crippen LogP contribution in [0.5, 0.6) is 0 Å². The van der Waals surface area contributed by atoms with E-state index in [0.29, 0.717) is 18.8 Å². The molecule has 1 amide bonds. The number of aromatic nitrogens is 2. The molecule has 2 aliphatic heterocycles. The Morgan fingerprint density at radius 1 is 1.15 bits per heavy atom. The molecule has 1 aromatic heterocycles. The predicted octanol–water partition coefficient (Wildman–Crippen LogP) is 2.44. The average Bonchev–Trinajstić information content (AvgIpc) is 2.60. The van der Waals surface area contributed by atoms with Gasteiger partial charge in [-0.05, 0) is 45.7 Å². The molecule has 1 atom stereocenters. The molecule has 1 N–H and O–H groups in total. The first-order valence-electron chi connectivity index (χ1n) is 10.2. The highest BCUT2D eigenvalue weighted by Crippen LogP contribution is 2.25. The van der Waals surface area contributed by atoms with Gasteiger partial charge in [0.25, 0.3) is 5.56 Å². The lowest BCUT2D eigenvalue weighted by molar-refractivity contribution is -0.132. The number of H-pyrrole nitrogens is 1. The normalized spacial score (nSPS) is 22.7. The van der Waals surface area contributed by atoms with Crippen LogP contribution in [0.15, 0.2) is 10.9 Å². The molecular formula is C20H32N4O2. The maximum absolute atomic E-state index is 12.7. The number of carbonyl (C=O) groups excluding carboxylic acids is 1. The molecule has 0 aromatic carbocycles. The Balaban J connectivity index is 1.53. The van der Waals surface area contributed by atoms with Gasteiger partial charge >= 0.3 is 0 Å². The third kappa shape index (κ3) is 5.40. The zero-order valence-electron chi connectivity index (χ0n) is 16.0. The number of nitrogens with one attached hydrogen (secondary N) is 1. The quantitative estimate of drug-likeness (QED) is 0.895. The molecule has 1 aromatic rings. The van der Waals surface area contributed by atoms with Crippen molar-refractivity contribution >= 4 is 5.91 Å². The van der Waals surface area contributed by atoms with Crippen LogP contribution < -0.4 is 5.56 Å².